The summed E-state index contributed by atoms with van der Waals surface area (Å²) in [5.74, 6) is 0.0835. The molecule has 1 saturated heterocycles. The van der Waals surface area contributed by atoms with E-state index in [4.69, 9.17) is 0 Å². The van der Waals surface area contributed by atoms with Crippen LogP contribution in [0, 0.1) is 0 Å². The topological polar surface area (TPSA) is 58.1 Å². The summed E-state index contributed by atoms with van der Waals surface area (Å²) in [6.07, 6.45) is 0.763. The molecule has 0 aromatic carbocycles. The lowest BCUT2D eigenvalue weighted by Gasteiger charge is -2.31. The van der Waals surface area contributed by atoms with Crippen LogP contribution in [0.4, 0.5) is 0 Å². The molecule has 0 saturated carbocycles. The van der Waals surface area contributed by atoms with E-state index >= 15 is 0 Å². The molecule has 1 amide bonds. The number of nitrogens with zero attached hydrogens (tertiary/aromatic N) is 3. The second kappa shape index (κ2) is 6.28. The summed E-state index contributed by atoms with van der Waals surface area (Å²) in [5.41, 5.74) is 0.821. The number of amides is 1. The minimum absolute atomic E-state index is 0. The van der Waals surface area contributed by atoms with Crippen LogP contribution in [-0.2, 0) is 6.42 Å². The predicted octanol–water partition coefficient (Wildman–Crippen LogP) is 0.956. The molecule has 1 aromatic heterocycles. The number of aromatic nitrogens is 2. The molecule has 0 radical (unpaired) electrons. The molecule has 96 valence electrons. The van der Waals surface area contributed by atoms with E-state index in [9.17, 15) is 4.79 Å². The Morgan fingerprint density at radius 3 is 3.06 bits per heavy atom. The molecule has 1 aliphatic heterocycles. The van der Waals surface area contributed by atoms with Crippen molar-refractivity contribution < 1.29 is 4.79 Å². The maximum atomic E-state index is 12.2. The third-order valence-electron chi connectivity index (χ3n) is 2.74. The van der Waals surface area contributed by atoms with Crippen LogP contribution in [-0.4, -0.2) is 46.1 Å². The highest BCUT2D eigenvalue weighted by Crippen LogP contribution is 2.15. The van der Waals surface area contributed by atoms with Crippen LogP contribution in [0.1, 0.15) is 29.2 Å². The van der Waals surface area contributed by atoms with E-state index in [2.05, 4.69) is 21.8 Å². The highest BCUT2D eigenvalue weighted by molar-refractivity contribution is 7.08. The minimum Gasteiger partial charge on any atom is -0.335 e. The number of piperazine rings is 1. The standard InChI is InChI=1S/C10H16N4OS.ClH/c1-3-8-9(16-13-12-8)10(15)14-5-4-11-7(2)6-14;/h7,11H,3-6H2,1-2H3;1H/t7-;/m0./s1. The molecule has 1 fully saturated rings. The number of hydrogen-bond donors (Lipinski definition) is 1. The fourth-order valence-electron chi connectivity index (χ4n) is 1.86. The van der Waals surface area contributed by atoms with Gasteiger partial charge in [0.2, 0.25) is 0 Å². The fourth-order valence-corrected chi connectivity index (χ4v) is 2.58. The van der Waals surface area contributed by atoms with Crippen molar-refractivity contribution in [3.8, 4) is 0 Å². The van der Waals surface area contributed by atoms with Crippen LogP contribution in [0.15, 0.2) is 0 Å². The Kier molecular flexibility index (Phi) is 5.30. The number of carbonyl (C=O) groups is 1. The van der Waals surface area contributed by atoms with Gasteiger partial charge in [-0.3, -0.25) is 4.79 Å². The largest absolute Gasteiger partial charge is 0.335 e. The highest BCUT2D eigenvalue weighted by atomic mass is 35.5. The third-order valence-corrected chi connectivity index (χ3v) is 3.50. The number of rotatable bonds is 2. The predicted molar refractivity (Wildman–Crippen MR) is 69.9 cm³/mol. The Morgan fingerprint density at radius 2 is 2.41 bits per heavy atom. The van der Waals surface area contributed by atoms with Gasteiger partial charge in [0.1, 0.15) is 4.88 Å². The summed E-state index contributed by atoms with van der Waals surface area (Å²) in [7, 11) is 0. The minimum atomic E-state index is 0. The SMILES string of the molecule is CCc1nnsc1C(=O)N1CCN[C@@H](C)C1.Cl. The number of nitrogens with one attached hydrogen (secondary N) is 1. The molecule has 0 unspecified atom stereocenters. The molecule has 5 nitrogen and oxygen atoms in total. The Morgan fingerprint density at radius 1 is 1.65 bits per heavy atom. The van der Waals surface area contributed by atoms with Crippen molar-refractivity contribution in [1.82, 2.24) is 19.8 Å². The molecule has 2 rings (SSSR count). The number of halogens is 1. The molecule has 2 heterocycles. The van der Waals surface area contributed by atoms with Gasteiger partial charge in [0.05, 0.1) is 5.69 Å². The van der Waals surface area contributed by atoms with Gasteiger partial charge >= 0.3 is 0 Å². The Balaban J connectivity index is 0.00000144. The van der Waals surface area contributed by atoms with Gasteiger partial charge in [-0.25, -0.2) is 0 Å². The van der Waals surface area contributed by atoms with Gasteiger partial charge in [0.25, 0.3) is 5.91 Å². The second-order valence-electron chi connectivity index (χ2n) is 4.01. The first-order valence-corrected chi connectivity index (χ1v) is 6.33. The van der Waals surface area contributed by atoms with Crippen molar-refractivity contribution in [2.45, 2.75) is 26.3 Å². The maximum Gasteiger partial charge on any atom is 0.267 e. The van der Waals surface area contributed by atoms with Gasteiger partial charge in [0.15, 0.2) is 0 Å². The Labute approximate surface area is 111 Å². The van der Waals surface area contributed by atoms with Crippen molar-refractivity contribution >= 4 is 29.8 Å². The summed E-state index contributed by atoms with van der Waals surface area (Å²) in [6, 6.07) is 0.364. The van der Waals surface area contributed by atoms with Crippen molar-refractivity contribution in [3.63, 3.8) is 0 Å². The zero-order valence-corrected chi connectivity index (χ0v) is 11.6. The average Bonchev–Trinajstić information content (AvgIpc) is 2.76. The Hall–Kier alpha value is -0.720. The maximum absolute atomic E-state index is 12.2. The fraction of sp³-hybridized carbons (Fsp3) is 0.700. The van der Waals surface area contributed by atoms with E-state index in [0.717, 1.165) is 31.7 Å². The summed E-state index contributed by atoms with van der Waals surface area (Å²) in [6.45, 7) is 6.48. The molecule has 0 aliphatic carbocycles. The van der Waals surface area contributed by atoms with E-state index in [1.807, 2.05) is 11.8 Å². The molecule has 0 bridgehead atoms. The van der Waals surface area contributed by atoms with E-state index < -0.39 is 0 Å². The first kappa shape index (κ1) is 14.3. The molecule has 1 atom stereocenters. The van der Waals surface area contributed by atoms with E-state index in [0.29, 0.717) is 10.9 Å². The van der Waals surface area contributed by atoms with Crippen molar-refractivity contribution in [2.24, 2.45) is 0 Å². The van der Waals surface area contributed by atoms with Gasteiger partial charge in [-0.05, 0) is 24.9 Å². The second-order valence-corrected chi connectivity index (χ2v) is 4.76. The summed E-state index contributed by atoms with van der Waals surface area (Å²) >= 11 is 1.20. The van der Waals surface area contributed by atoms with Crippen LogP contribution in [0.5, 0.6) is 0 Å². The lowest BCUT2D eigenvalue weighted by Crippen LogP contribution is -2.51. The monoisotopic (exact) mass is 276 g/mol. The normalized spacial score (nSPS) is 19.9. The van der Waals surface area contributed by atoms with Crippen LogP contribution in [0.3, 0.4) is 0 Å². The summed E-state index contributed by atoms with van der Waals surface area (Å²) in [4.78, 5) is 14.8. The number of carbonyl (C=O) groups excluding carboxylic acids is 1. The van der Waals surface area contributed by atoms with Crippen LogP contribution in [0.25, 0.3) is 0 Å². The molecular weight excluding hydrogens is 260 g/mol. The lowest BCUT2D eigenvalue weighted by atomic mass is 10.2. The van der Waals surface area contributed by atoms with Crippen molar-refractivity contribution in [3.05, 3.63) is 10.6 Å². The molecular formula is C10H17ClN4OS. The van der Waals surface area contributed by atoms with Crippen molar-refractivity contribution in [2.75, 3.05) is 19.6 Å². The quantitative estimate of drug-likeness (QED) is 0.874. The van der Waals surface area contributed by atoms with E-state index in [1.54, 1.807) is 0 Å². The molecule has 17 heavy (non-hydrogen) atoms. The molecule has 7 heteroatoms. The number of hydrogen-bond acceptors (Lipinski definition) is 5. The highest BCUT2D eigenvalue weighted by Gasteiger charge is 2.25. The zero-order valence-electron chi connectivity index (χ0n) is 9.97. The van der Waals surface area contributed by atoms with Gasteiger partial charge in [-0.2, -0.15) is 0 Å². The number of aryl methyl sites for hydroxylation is 1. The molecule has 0 spiro atoms. The average molecular weight is 277 g/mol. The van der Waals surface area contributed by atoms with Gasteiger partial charge in [-0.1, -0.05) is 11.4 Å². The summed E-state index contributed by atoms with van der Waals surface area (Å²) < 4.78 is 3.86. The van der Waals surface area contributed by atoms with Gasteiger partial charge in [-0.15, -0.1) is 17.5 Å². The third kappa shape index (κ3) is 3.14. The van der Waals surface area contributed by atoms with E-state index in [-0.39, 0.29) is 18.3 Å². The van der Waals surface area contributed by atoms with Crippen LogP contribution >= 0.6 is 23.9 Å². The molecule has 1 aromatic rings. The van der Waals surface area contributed by atoms with Crippen LogP contribution in [0.2, 0.25) is 0 Å². The molecule has 1 aliphatic rings. The van der Waals surface area contributed by atoms with Gasteiger partial charge < -0.3 is 10.2 Å². The first-order chi connectivity index (χ1) is 7.72. The zero-order chi connectivity index (χ0) is 11.5. The lowest BCUT2D eigenvalue weighted by molar-refractivity contribution is 0.0712. The smallest absolute Gasteiger partial charge is 0.267 e. The van der Waals surface area contributed by atoms with Gasteiger partial charge in [0, 0.05) is 25.7 Å². The Bertz CT molecular complexity index is 384. The molecule has 1 N–H and O–H groups in total. The summed E-state index contributed by atoms with van der Waals surface area (Å²) in [5, 5.41) is 7.29. The van der Waals surface area contributed by atoms with Crippen LogP contribution < -0.4 is 5.32 Å². The van der Waals surface area contributed by atoms with Crippen molar-refractivity contribution in [1.29, 1.82) is 0 Å². The van der Waals surface area contributed by atoms with E-state index in [1.165, 1.54) is 11.5 Å². The first-order valence-electron chi connectivity index (χ1n) is 5.56.